The molecular formula is C17H20N4O4. The number of benzene rings is 1. The van der Waals surface area contributed by atoms with Crippen LogP contribution in [0.15, 0.2) is 30.5 Å². The van der Waals surface area contributed by atoms with E-state index in [9.17, 15) is 10.0 Å². The van der Waals surface area contributed by atoms with Gasteiger partial charge in [-0.25, -0.2) is 9.78 Å². The van der Waals surface area contributed by atoms with E-state index in [1.165, 1.54) is 6.20 Å². The van der Waals surface area contributed by atoms with Crippen molar-refractivity contribution in [2.75, 3.05) is 13.2 Å². The van der Waals surface area contributed by atoms with Crippen molar-refractivity contribution >= 4 is 28.0 Å². The van der Waals surface area contributed by atoms with Gasteiger partial charge in [-0.3, -0.25) is 0 Å². The lowest BCUT2D eigenvalue weighted by atomic mass is 10.2. The summed E-state index contributed by atoms with van der Waals surface area (Å²) in [5.74, 6) is 0.725. The molecule has 2 heterocycles. The van der Waals surface area contributed by atoms with Crippen LogP contribution in [0, 0.1) is 5.21 Å². The summed E-state index contributed by atoms with van der Waals surface area (Å²) >= 11 is 0. The molecule has 0 radical (unpaired) electrons. The number of amides is 1. The topological polar surface area (TPSA) is 103 Å². The van der Waals surface area contributed by atoms with Gasteiger partial charge in [-0.05, 0) is 19.4 Å². The van der Waals surface area contributed by atoms with Crippen LogP contribution in [0.25, 0.3) is 21.9 Å². The third kappa shape index (κ3) is 3.48. The Hall–Kier alpha value is -2.87. The maximum absolute atomic E-state index is 12.2. The number of fused-ring (bicyclic) bond motifs is 3. The Morgan fingerprint density at radius 2 is 2.24 bits per heavy atom. The molecule has 25 heavy (non-hydrogen) atoms. The van der Waals surface area contributed by atoms with Gasteiger partial charge in [0.2, 0.25) is 11.7 Å². The number of carbonyl (C=O) groups is 1. The Bertz CT molecular complexity index is 906. The fourth-order valence-corrected chi connectivity index (χ4v) is 2.92. The second kappa shape index (κ2) is 7.35. The Morgan fingerprint density at radius 3 is 3.00 bits per heavy atom. The molecule has 0 fully saturated rings. The first-order chi connectivity index (χ1) is 12.1. The van der Waals surface area contributed by atoms with Crippen molar-refractivity contribution in [3.63, 3.8) is 0 Å². The van der Waals surface area contributed by atoms with Crippen molar-refractivity contribution in [2.24, 2.45) is 0 Å². The molecule has 0 atom stereocenters. The molecule has 1 aromatic carbocycles. The van der Waals surface area contributed by atoms with Crippen molar-refractivity contribution < 1.29 is 19.4 Å². The molecule has 0 saturated carbocycles. The number of pyridine rings is 1. The highest BCUT2D eigenvalue weighted by Gasteiger charge is 2.18. The molecule has 0 bridgehead atoms. The molecule has 132 valence electrons. The zero-order valence-electron chi connectivity index (χ0n) is 13.9. The molecule has 0 aliphatic heterocycles. The highest BCUT2D eigenvalue weighted by molar-refractivity contribution is 6.00. The second-order valence-electron chi connectivity index (χ2n) is 5.61. The van der Waals surface area contributed by atoms with E-state index in [0.29, 0.717) is 43.8 Å². The van der Waals surface area contributed by atoms with Gasteiger partial charge in [-0.15, -0.1) is 0 Å². The standard InChI is InChI=1S/C17H20N4O4/c1-2-25-11-15-19-13-10-21(24)14-7-4-3-6-12(14)16(13)20(15)9-5-8-18-17(22)23/h3-4,6-7,10,18H,2,5,8-9,11H2,1H3,(H,22,23). The summed E-state index contributed by atoms with van der Waals surface area (Å²) in [7, 11) is 0. The molecule has 1 amide bonds. The Balaban J connectivity index is 2.05. The summed E-state index contributed by atoms with van der Waals surface area (Å²) in [6.45, 7) is 3.73. The molecule has 0 spiro atoms. The van der Waals surface area contributed by atoms with Gasteiger partial charge in [0.15, 0.2) is 5.52 Å². The van der Waals surface area contributed by atoms with Crippen LogP contribution in [0.1, 0.15) is 19.2 Å². The van der Waals surface area contributed by atoms with Crippen molar-refractivity contribution in [2.45, 2.75) is 26.5 Å². The van der Waals surface area contributed by atoms with Gasteiger partial charge in [0.05, 0.1) is 10.9 Å². The molecule has 2 N–H and O–H groups in total. The lowest BCUT2D eigenvalue weighted by Crippen LogP contribution is -2.26. The van der Waals surface area contributed by atoms with E-state index in [-0.39, 0.29) is 0 Å². The normalized spacial score (nSPS) is 11.2. The van der Waals surface area contributed by atoms with Crippen molar-refractivity contribution in [1.82, 2.24) is 14.9 Å². The van der Waals surface area contributed by atoms with Crippen molar-refractivity contribution in [1.29, 1.82) is 0 Å². The van der Waals surface area contributed by atoms with E-state index >= 15 is 0 Å². The fraction of sp³-hybridized carbons (Fsp3) is 0.353. The van der Waals surface area contributed by atoms with Crippen LogP contribution in [-0.4, -0.2) is 33.9 Å². The van der Waals surface area contributed by atoms with E-state index in [2.05, 4.69) is 10.3 Å². The summed E-state index contributed by atoms with van der Waals surface area (Å²) in [4.78, 5) is 15.2. The SMILES string of the molecule is CCOCc1nc2c[n+]([O-])c3ccccc3c2n1CCCNC(=O)O. The minimum atomic E-state index is -1.04. The Labute approximate surface area is 144 Å². The smallest absolute Gasteiger partial charge is 0.404 e. The van der Waals surface area contributed by atoms with Crippen molar-refractivity contribution in [3.8, 4) is 0 Å². The van der Waals surface area contributed by atoms with Crippen LogP contribution in [0.4, 0.5) is 4.79 Å². The van der Waals surface area contributed by atoms with Gasteiger partial charge in [0, 0.05) is 25.8 Å². The first kappa shape index (κ1) is 17.0. The van der Waals surface area contributed by atoms with Crippen LogP contribution in [-0.2, 0) is 17.9 Å². The molecule has 0 aliphatic carbocycles. The number of aromatic nitrogens is 3. The van der Waals surface area contributed by atoms with Gasteiger partial charge < -0.3 is 24.9 Å². The number of para-hydroxylation sites is 1. The first-order valence-corrected chi connectivity index (χ1v) is 8.16. The van der Waals surface area contributed by atoms with Crippen LogP contribution >= 0.6 is 0 Å². The number of hydrogen-bond donors (Lipinski definition) is 2. The highest BCUT2D eigenvalue weighted by Crippen LogP contribution is 2.24. The largest absolute Gasteiger partial charge is 0.618 e. The molecule has 2 aromatic heterocycles. The van der Waals surface area contributed by atoms with E-state index in [1.54, 1.807) is 6.07 Å². The number of nitrogens with one attached hydrogen (secondary N) is 1. The number of ether oxygens (including phenoxy) is 1. The third-order valence-corrected chi connectivity index (χ3v) is 3.98. The number of nitrogens with zero attached hydrogens (tertiary/aromatic N) is 3. The van der Waals surface area contributed by atoms with Crippen LogP contribution < -0.4 is 10.0 Å². The Kier molecular flexibility index (Phi) is 4.99. The monoisotopic (exact) mass is 344 g/mol. The average molecular weight is 344 g/mol. The number of hydrogen-bond acceptors (Lipinski definition) is 4. The molecule has 0 saturated heterocycles. The molecule has 8 nitrogen and oxygen atoms in total. The van der Waals surface area contributed by atoms with Gasteiger partial charge >= 0.3 is 6.09 Å². The zero-order chi connectivity index (χ0) is 17.8. The number of carboxylic acid groups (broad SMARTS) is 1. The molecular weight excluding hydrogens is 324 g/mol. The van der Waals surface area contributed by atoms with Crippen LogP contribution in [0.5, 0.6) is 0 Å². The second-order valence-corrected chi connectivity index (χ2v) is 5.61. The van der Waals surface area contributed by atoms with E-state index < -0.39 is 6.09 Å². The zero-order valence-corrected chi connectivity index (χ0v) is 13.9. The maximum Gasteiger partial charge on any atom is 0.404 e. The summed E-state index contributed by atoms with van der Waals surface area (Å²) in [5, 5.41) is 24.1. The Morgan fingerprint density at radius 1 is 1.44 bits per heavy atom. The summed E-state index contributed by atoms with van der Waals surface area (Å²) in [6.07, 6.45) is 1.04. The average Bonchev–Trinajstić information content (AvgIpc) is 2.94. The van der Waals surface area contributed by atoms with Gasteiger partial charge in [0.1, 0.15) is 12.4 Å². The predicted molar refractivity (Wildman–Crippen MR) is 92.2 cm³/mol. The van der Waals surface area contributed by atoms with Gasteiger partial charge in [-0.1, -0.05) is 12.1 Å². The first-order valence-electron chi connectivity index (χ1n) is 8.16. The van der Waals surface area contributed by atoms with Crippen LogP contribution in [0.3, 0.4) is 0 Å². The number of rotatable bonds is 7. The lowest BCUT2D eigenvalue weighted by Gasteiger charge is -2.10. The van der Waals surface area contributed by atoms with E-state index in [1.807, 2.05) is 29.7 Å². The number of aryl methyl sites for hydroxylation is 1. The van der Waals surface area contributed by atoms with E-state index in [4.69, 9.17) is 9.84 Å². The summed E-state index contributed by atoms with van der Waals surface area (Å²) < 4.78 is 8.33. The third-order valence-electron chi connectivity index (χ3n) is 3.98. The predicted octanol–water partition coefficient (Wildman–Crippen LogP) is 2.02. The quantitative estimate of drug-likeness (QED) is 0.388. The molecule has 0 unspecified atom stereocenters. The van der Waals surface area contributed by atoms with Crippen molar-refractivity contribution in [3.05, 3.63) is 41.5 Å². The molecule has 3 rings (SSSR count). The highest BCUT2D eigenvalue weighted by atomic mass is 16.5. The summed E-state index contributed by atoms with van der Waals surface area (Å²) in [5.41, 5.74) is 2.05. The van der Waals surface area contributed by atoms with Gasteiger partial charge in [-0.2, -0.15) is 4.73 Å². The van der Waals surface area contributed by atoms with E-state index in [0.717, 1.165) is 21.5 Å². The number of imidazole rings is 1. The van der Waals surface area contributed by atoms with Crippen LogP contribution in [0.2, 0.25) is 0 Å². The van der Waals surface area contributed by atoms with Gasteiger partial charge in [0.25, 0.3) is 0 Å². The molecule has 3 aromatic rings. The minimum Gasteiger partial charge on any atom is -0.618 e. The summed E-state index contributed by atoms with van der Waals surface area (Å²) in [6, 6.07) is 7.37. The molecule has 0 aliphatic rings. The minimum absolute atomic E-state index is 0.338. The lowest BCUT2D eigenvalue weighted by molar-refractivity contribution is -0.575. The fourth-order valence-electron chi connectivity index (χ4n) is 2.92. The maximum atomic E-state index is 12.2. The molecule has 8 heteroatoms.